The van der Waals surface area contributed by atoms with Gasteiger partial charge in [-0.2, -0.15) is 0 Å². The van der Waals surface area contributed by atoms with Crippen LogP contribution in [0.4, 0.5) is 0 Å². The van der Waals surface area contributed by atoms with Gasteiger partial charge in [-0.15, -0.1) is 0 Å². The van der Waals surface area contributed by atoms with Crippen LogP contribution >= 0.6 is 0 Å². The Hall–Kier alpha value is -0.440. The molecule has 2 heterocycles. The van der Waals surface area contributed by atoms with E-state index in [1.807, 2.05) is 0 Å². The van der Waals surface area contributed by atoms with E-state index in [-0.39, 0.29) is 0 Å². The van der Waals surface area contributed by atoms with E-state index in [0.717, 1.165) is 0 Å². The summed E-state index contributed by atoms with van der Waals surface area (Å²) in [5, 5.41) is 76.4. The highest BCUT2D eigenvalue weighted by molar-refractivity contribution is 4.94. The SMILES string of the molecule is OC[C@@H](O)[C@@H]1O[C@H](O[C@H]2[C@@H](O)[C@H](O)[C@@H](CO)O[C@@H]2O)[C@H](O)[C@H]1O. The summed E-state index contributed by atoms with van der Waals surface area (Å²) < 4.78 is 15.1. The predicted molar refractivity (Wildman–Crippen MR) is 68.6 cm³/mol. The van der Waals surface area contributed by atoms with Crippen LogP contribution in [0.5, 0.6) is 0 Å². The Labute approximate surface area is 130 Å². The minimum atomic E-state index is -1.74. The normalized spacial score (nSPS) is 49.3. The number of ether oxygens (including phenoxy) is 3. The Morgan fingerprint density at radius 1 is 0.870 bits per heavy atom. The lowest BCUT2D eigenvalue weighted by atomic mass is 9.99. The van der Waals surface area contributed by atoms with Gasteiger partial charge in [0.1, 0.15) is 48.8 Å². The molecule has 0 radical (unpaired) electrons. The van der Waals surface area contributed by atoms with Crippen molar-refractivity contribution >= 4 is 0 Å². The first-order valence-electron chi connectivity index (χ1n) is 7.08. The van der Waals surface area contributed by atoms with Gasteiger partial charge in [0.05, 0.1) is 13.2 Å². The molecule has 0 aliphatic carbocycles. The lowest BCUT2D eigenvalue weighted by Crippen LogP contribution is -2.60. The number of hydrogen-bond donors (Lipinski definition) is 8. The Morgan fingerprint density at radius 2 is 1.52 bits per heavy atom. The molecule has 0 aromatic rings. The maximum absolute atomic E-state index is 9.93. The molecule has 0 aromatic heterocycles. The molecule has 136 valence electrons. The molecule has 23 heavy (non-hydrogen) atoms. The summed E-state index contributed by atoms with van der Waals surface area (Å²) in [5.41, 5.74) is 0. The molecule has 11 nitrogen and oxygen atoms in total. The van der Waals surface area contributed by atoms with Gasteiger partial charge in [0.25, 0.3) is 0 Å². The molecule has 2 fully saturated rings. The standard InChI is InChI=1S/C12H22O11/c13-1-3(15)9-7(18)8(19)12(22-9)23-10-6(17)5(16)4(2-14)21-11(10)20/h3-20H,1-2H2/t3-,4-,5-,6+,7-,8-,9+,10+,11+,12-/m1/s1. The lowest BCUT2D eigenvalue weighted by molar-refractivity contribution is -0.328. The molecular formula is C12H22O11. The Kier molecular flexibility index (Phi) is 6.27. The maximum atomic E-state index is 9.93. The van der Waals surface area contributed by atoms with Crippen molar-refractivity contribution < 1.29 is 55.1 Å². The summed E-state index contributed by atoms with van der Waals surface area (Å²) in [4.78, 5) is 0. The highest BCUT2D eigenvalue weighted by atomic mass is 16.7. The van der Waals surface area contributed by atoms with Gasteiger partial charge in [-0.05, 0) is 0 Å². The first kappa shape index (κ1) is 18.9. The molecule has 0 unspecified atom stereocenters. The Balaban J connectivity index is 2.03. The largest absolute Gasteiger partial charge is 0.394 e. The van der Waals surface area contributed by atoms with Gasteiger partial charge in [-0.1, -0.05) is 0 Å². The van der Waals surface area contributed by atoms with Crippen LogP contribution in [0.25, 0.3) is 0 Å². The third kappa shape index (κ3) is 3.65. The lowest BCUT2D eigenvalue weighted by Gasteiger charge is -2.40. The van der Waals surface area contributed by atoms with Crippen LogP contribution in [0.2, 0.25) is 0 Å². The summed E-state index contributed by atoms with van der Waals surface area (Å²) >= 11 is 0. The topological polar surface area (TPSA) is 190 Å². The van der Waals surface area contributed by atoms with Gasteiger partial charge in [-0.25, -0.2) is 0 Å². The van der Waals surface area contributed by atoms with Crippen molar-refractivity contribution in [3.8, 4) is 0 Å². The zero-order valence-electron chi connectivity index (χ0n) is 12.0. The van der Waals surface area contributed by atoms with Crippen molar-refractivity contribution in [2.75, 3.05) is 13.2 Å². The van der Waals surface area contributed by atoms with Crippen molar-refractivity contribution in [2.24, 2.45) is 0 Å². The van der Waals surface area contributed by atoms with E-state index in [4.69, 9.17) is 24.4 Å². The van der Waals surface area contributed by atoms with Crippen molar-refractivity contribution in [1.82, 2.24) is 0 Å². The highest BCUT2D eigenvalue weighted by Crippen LogP contribution is 2.29. The maximum Gasteiger partial charge on any atom is 0.187 e. The van der Waals surface area contributed by atoms with Gasteiger partial charge >= 0.3 is 0 Å². The fraction of sp³-hybridized carbons (Fsp3) is 1.00. The molecule has 11 heteroatoms. The zero-order valence-corrected chi connectivity index (χ0v) is 12.0. The van der Waals surface area contributed by atoms with Gasteiger partial charge in [0, 0.05) is 0 Å². The fourth-order valence-electron chi connectivity index (χ4n) is 2.58. The summed E-state index contributed by atoms with van der Waals surface area (Å²) in [7, 11) is 0. The predicted octanol–water partition coefficient (Wildman–Crippen LogP) is -5.40. The summed E-state index contributed by atoms with van der Waals surface area (Å²) in [6, 6.07) is 0. The van der Waals surface area contributed by atoms with Gasteiger partial charge in [0.15, 0.2) is 12.6 Å². The molecule has 0 saturated carbocycles. The van der Waals surface area contributed by atoms with Gasteiger partial charge in [0.2, 0.25) is 0 Å². The van der Waals surface area contributed by atoms with Crippen molar-refractivity contribution in [1.29, 1.82) is 0 Å². The van der Waals surface area contributed by atoms with Crippen molar-refractivity contribution in [2.45, 2.75) is 61.4 Å². The summed E-state index contributed by atoms with van der Waals surface area (Å²) in [6.45, 7) is -1.37. The van der Waals surface area contributed by atoms with Crippen LogP contribution in [-0.4, -0.2) is 115 Å². The van der Waals surface area contributed by atoms with E-state index in [2.05, 4.69) is 0 Å². The van der Waals surface area contributed by atoms with Crippen LogP contribution in [0.15, 0.2) is 0 Å². The summed E-state index contributed by atoms with van der Waals surface area (Å²) in [6.07, 6.45) is -15.3. The molecule has 8 N–H and O–H groups in total. The third-order valence-electron chi connectivity index (χ3n) is 3.96. The van der Waals surface area contributed by atoms with Crippen LogP contribution in [-0.2, 0) is 14.2 Å². The number of rotatable bonds is 5. The minimum absolute atomic E-state index is 0.645. The second kappa shape index (κ2) is 7.63. The quantitative estimate of drug-likeness (QED) is 0.238. The first-order chi connectivity index (χ1) is 10.8. The number of aliphatic hydroxyl groups excluding tert-OH is 8. The average molecular weight is 342 g/mol. The fourth-order valence-corrected chi connectivity index (χ4v) is 2.58. The molecule has 2 aliphatic heterocycles. The van der Waals surface area contributed by atoms with Crippen molar-refractivity contribution in [3.63, 3.8) is 0 Å². The zero-order chi connectivity index (χ0) is 17.3. The van der Waals surface area contributed by atoms with E-state index in [1.165, 1.54) is 0 Å². The molecule has 2 saturated heterocycles. The molecule has 0 aromatic carbocycles. The van der Waals surface area contributed by atoms with E-state index in [9.17, 15) is 30.6 Å². The van der Waals surface area contributed by atoms with Crippen LogP contribution in [0, 0.1) is 0 Å². The van der Waals surface area contributed by atoms with Gasteiger partial charge < -0.3 is 55.1 Å². The minimum Gasteiger partial charge on any atom is -0.394 e. The monoisotopic (exact) mass is 342 g/mol. The average Bonchev–Trinajstić information content (AvgIpc) is 2.82. The smallest absolute Gasteiger partial charge is 0.187 e. The van der Waals surface area contributed by atoms with Crippen molar-refractivity contribution in [3.05, 3.63) is 0 Å². The van der Waals surface area contributed by atoms with Crippen LogP contribution < -0.4 is 0 Å². The van der Waals surface area contributed by atoms with Crippen LogP contribution in [0.1, 0.15) is 0 Å². The highest BCUT2D eigenvalue weighted by Gasteiger charge is 2.51. The molecule has 0 amide bonds. The molecule has 2 aliphatic rings. The number of aliphatic hydroxyl groups is 8. The molecule has 10 atom stereocenters. The summed E-state index contributed by atoms with van der Waals surface area (Å²) in [5.74, 6) is 0. The van der Waals surface area contributed by atoms with E-state index >= 15 is 0 Å². The second-order valence-corrected chi connectivity index (χ2v) is 5.53. The Morgan fingerprint density at radius 3 is 2.09 bits per heavy atom. The Bertz CT molecular complexity index is 382. The molecule has 0 spiro atoms. The van der Waals surface area contributed by atoms with E-state index < -0.39 is 74.6 Å². The van der Waals surface area contributed by atoms with Gasteiger partial charge in [-0.3, -0.25) is 0 Å². The first-order valence-corrected chi connectivity index (χ1v) is 7.08. The molecule has 0 bridgehead atoms. The number of hydrogen-bond acceptors (Lipinski definition) is 11. The van der Waals surface area contributed by atoms with E-state index in [0.29, 0.717) is 0 Å². The molecule has 2 rings (SSSR count). The third-order valence-corrected chi connectivity index (χ3v) is 3.96. The van der Waals surface area contributed by atoms with E-state index in [1.54, 1.807) is 0 Å². The second-order valence-electron chi connectivity index (χ2n) is 5.53. The van der Waals surface area contributed by atoms with Crippen LogP contribution in [0.3, 0.4) is 0 Å². The molecular weight excluding hydrogens is 320 g/mol.